The molecule has 0 radical (unpaired) electrons. The Morgan fingerprint density at radius 3 is 2.90 bits per heavy atom. The molecular formula is C16H18N2O3. The molecule has 0 unspecified atom stereocenters. The zero-order valence-electron chi connectivity index (χ0n) is 11.9. The maximum Gasteiger partial charge on any atom is 0.308 e. The van der Waals surface area contributed by atoms with E-state index in [2.05, 4.69) is 4.98 Å². The molecule has 110 valence electrons. The van der Waals surface area contributed by atoms with Crippen molar-refractivity contribution in [3.8, 4) is 0 Å². The quantitative estimate of drug-likeness (QED) is 0.890. The molecular weight excluding hydrogens is 268 g/mol. The van der Waals surface area contributed by atoms with Crippen LogP contribution in [0.1, 0.15) is 30.1 Å². The van der Waals surface area contributed by atoms with Crippen molar-refractivity contribution in [2.24, 2.45) is 5.92 Å². The van der Waals surface area contributed by atoms with Crippen molar-refractivity contribution in [1.29, 1.82) is 0 Å². The van der Waals surface area contributed by atoms with Crippen LogP contribution in [-0.2, 0) is 4.79 Å². The van der Waals surface area contributed by atoms with Gasteiger partial charge in [0.05, 0.1) is 17.0 Å². The number of benzene rings is 1. The molecule has 1 amide bonds. The Hall–Kier alpha value is -2.30. The number of aliphatic carboxylic acids is 1. The first-order chi connectivity index (χ1) is 10.1. The maximum atomic E-state index is 12.8. The van der Waals surface area contributed by atoms with Gasteiger partial charge in [-0.1, -0.05) is 12.1 Å². The molecule has 2 heterocycles. The molecule has 5 heteroatoms. The first-order valence-electron chi connectivity index (χ1n) is 7.19. The Morgan fingerprint density at radius 1 is 1.33 bits per heavy atom. The number of likely N-dealkylation sites (tertiary alicyclic amines) is 1. The second-order valence-corrected chi connectivity index (χ2v) is 5.57. The van der Waals surface area contributed by atoms with Crippen LogP contribution in [0.4, 0.5) is 0 Å². The number of carboxylic acids is 1. The largest absolute Gasteiger partial charge is 0.481 e. The number of para-hydroxylation sites is 1. The molecule has 0 spiro atoms. The third kappa shape index (κ3) is 2.28. The minimum Gasteiger partial charge on any atom is -0.481 e. The van der Waals surface area contributed by atoms with Crippen LogP contribution in [0.25, 0.3) is 10.9 Å². The Morgan fingerprint density at radius 2 is 2.14 bits per heavy atom. The highest BCUT2D eigenvalue weighted by Gasteiger charge is 2.36. The van der Waals surface area contributed by atoms with E-state index in [1.165, 1.54) is 0 Å². The number of nitrogens with one attached hydrogen (secondary N) is 1. The second-order valence-electron chi connectivity index (χ2n) is 5.57. The molecule has 5 nitrogen and oxygen atoms in total. The lowest BCUT2D eigenvalue weighted by Crippen LogP contribution is -2.49. The third-order valence-electron chi connectivity index (χ3n) is 4.38. The zero-order chi connectivity index (χ0) is 15.0. The van der Waals surface area contributed by atoms with Gasteiger partial charge in [-0.25, -0.2) is 0 Å². The predicted molar refractivity (Wildman–Crippen MR) is 79.2 cm³/mol. The number of piperidine rings is 1. The van der Waals surface area contributed by atoms with Gasteiger partial charge >= 0.3 is 5.97 Å². The standard InChI is InChI=1S/C16H18N2O3/c1-10-12(16(20)21)6-3-9-18(10)15(19)13-5-2-4-11-7-8-17-14(11)13/h2,4-5,7-8,10,12,17H,3,6,9H2,1H3,(H,20,21)/t10-,12-/m1/s1. The number of carbonyl (C=O) groups is 2. The number of H-pyrrole nitrogens is 1. The lowest BCUT2D eigenvalue weighted by molar-refractivity contribution is -0.144. The molecule has 3 rings (SSSR count). The maximum absolute atomic E-state index is 12.8. The van der Waals surface area contributed by atoms with Crippen molar-refractivity contribution in [3.63, 3.8) is 0 Å². The average molecular weight is 286 g/mol. The van der Waals surface area contributed by atoms with Gasteiger partial charge in [0.2, 0.25) is 0 Å². The summed E-state index contributed by atoms with van der Waals surface area (Å²) in [6.07, 6.45) is 3.17. The van der Waals surface area contributed by atoms with Crippen LogP contribution in [-0.4, -0.2) is 39.5 Å². The molecule has 2 N–H and O–H groups in total. The van der Waals surface area contributed by atoms with Gasteiger partial charge in [0, 0.05) is 24.2 Å². The van der Waals surface area contributed by atoms with E-state index < -0.39 is 11.9 Å². The highest BCUT2D eigenvalue weighted by atomic mass is 16.4. The lowest BCUT2D eigenvalue weighted by Gasteiger charge is -2.37. The van der Waals surface area contributed by atoms with E-state index in [1.54, 1.807) is 17.2 Å². The highest BCUT2D eigenvalue weighted by Crippen LogP contribution is 2.27. The average Bonchev–Trinajstić information content (AvgIpc) is 2.94. The summed E-state index contributed by atoms with van der Waals surface area (Å²) in [6.45, 7) is 2.44. The summed E-state index contributed by atoms with van der Waals surface area (Å²) >= 11 is 0. The monoisotopic (exact) mass is 286 g/mol. The number of carbonyl (C=O) groups excluding carboxylic acids is 1. The number of nitrogens with zero attached hydrogens (tertiary/aromatic N) is 1. The highest BCUT2D eigenvalue weighted by molar-refractivity contribution is 6.06. The molecule has 1 aliphatic rings. The summed E-state index contributed by atoms with van der Waals surface area (Å²) in [5.41, 5.74) is 1.42. The van der Waals surface area contributed by atoms with Crippen LogP contribution in [0.5, 0.6) is 0 Å². The molecule has 1 aromatic carbocycles. The molecule has 1 fully saturated rings. The van der Waals surface area contributed by atoms with Gasteiger partial charge in [-0.2, -0.15) is 0 Å². The molecule has 2 atom stereocenters. The van der Waals surface area contributed by atoms with E-state index in [9.17, 15) is 14.7 Å². The fraction of sp³-hybridized carbons (Fsp3) is 0.375. The normalized spacial score (nSPS) is 22.4. The van der Waals surface area contributed by atoms with Gasteiger partial charge in [-0.3, -0.25) is 9.59 Å². The van der Waals surface area contributed by atoms with Crippen molar-refractivity contribution in [2.75, 3.05) is 6.54 Å². The van der Waals surface area contributed by atoms with Crippen molar-refractivity contribution in [2.45, 2.75) is 25.8 Å². The first kappa shape index (κ1) is 13.7. The Labute approximate surface area is 122 Å². The summed E-state index contributed by atoms with van der Waals surface area (Å²) in [5, 5.41) is 10.3. The molecule has 21 heavy (non-hydrogen) atoms. The van der Waals surface area contributed by atoms with Crippen molar-refractivity contribution < 1.29 is 14.7 Å². The van der Waals surface area contributed by atoms with Crippen LogP contribution >= 0.6 is 0 Å². The molecule has 1 aromatic heterocycles. The lowest BCUT2D eigenvalue weighted by atomic mass is 9.89. The molecule has 1 saturated heterocycles. The second kappa shape index (κ2) is 5.24. The molecule has 0 saturated carbocycles. The van der Waals surface area contributed by atoms with Crippen LogP contribution in [0, 0.1) is 5.92 Å². The number of carboxylic acid groups (broad SMARTS) is 1. The number of amides is 1. The van der Waals surface area contributed by atoms with Gasteiger partial charge in [-0.05, 0) is 31.9 Å². The van der Waals surface area contributed by atoms with Crippen molar-refractivity contribution in [1.82, 2.24) is 9.88 Å². The predicted octanol–water partition coefficient (Wildman–Crippen LogP) is 2.49. The Kier molecular flexibility index (Phi) is 3.41. The van der Waals surface area contributed by atoms with Crippen LogP contribution in [0.3, 0.4) is 0 Å². The first-order valence-corrected chi connectivity index (χ1v) is 7.19. The molecule has 1 aliphatic heterocycles. The SMILES string of the molecule is C[C@@H]1[C@H](C(=O)O)CCCN1C(=O)c1cccc2cc[nH]c12. The van der Waals surface area contributed by atoms with E-state index in [0.29, 0.717) is 18.5 Å². The van der Waals surface area contributed by atoms with Crippen molar-refractivity contribution >= 4 is 22.8 Å². The van der Waals surface area contributed by atoms with E-state index in [1.807, 2.05) is 25.1 Å². The summed E-state index contributed by atoms with van der Waals surface area (Å²) in [6, 6.07) is 7.23. The number of hydrogen-bond donors (Lipinski definition) is 2. The summed E-state index contributed by atoms with van der Waals surface area (Å²) in [5.74, 6) is -1.40. The zero-order valence-corrected chi connectivity index (χ0v) is 11.9. The Bertz CT molecular complexity index is 692. The summed E-state index contributed by atoms with van der Waals surface area (Å²) in [7, 11) is 0. The molecule has 0 bridgehead atoms. The Balaban J connectivity index is 1.94. The number of hydrogen-bond acceptors (Lipinski definition) is 2. The topological polar surface area (TPSA) is 73.4 Å². The minimum atomic E-state index is -0.821. The van der Waals surface area contributed by atoms with Crippen molar-refractivity contribution in [3.05, 3.63) is 36.0 Å². The molecule has 2 aromatic rings. The van der Waals surface area contributed by atoms with E-state index in [0.717, 1.165) is 17.3 Å². The van der Waals surface area contributed by atoms with Crippen LogP contribution < -0.4 is 0 Å². The van der Waals surface area contributed by atoms with Crippen LogP contribution in [0.2, 0.25) is 0 Å². The van der Waals surface area contributed by atoms with Gasteiger partial charge in [0.15, 0.2) is 0 Å². The summed E-state index contributed by atoms with van der Waals surface area (Å²) in [4.78, 5) is 28.9. The van der Waals surface area contributed by atoms with E-state index in [-0.39, 0.29) is 11.9 Å². The van der Waals surface area contributed by atoms with Gasteiger partial charge in [0.1, 0.15) is 0 Å². The smallest absolute Gasteiger partial charge is 0.308 e. The molecule has 0 aliphatic carbocycles. The fourth-order valence-corrected chi connectivity index (χ4v) is 3.18. The number of rotatable bonds is 2. The van der Waals surface area contributed by atoms with Gasteiger partial charge in [0.25, 0.3) is 5.91 Å². The van der Waals surface area contributed by atoms with E-state index >= 15 is 0 Å². The number of aromatic amines is 1. The fourth-order valence-electron chi connectivity index (χ4n) is 3.18. The minimum absolute atomic E-state index is 0.0958. The van der Waals surface area contributed by atoms with Crippen LogP contribution in [0.15, 0.2) is 30.5 Å². The summed E-state index contributed by atoms with van der Waals surface area (Å²) < 4.78 is 0. The third-order valence-corrected chi connectivity index (χ3v) is 4.38. The van der Waals surface area contributed by atoms with Gasteiger partial charge < -0.3 is 15.0 Å². The van der Waals surface area contributed by atoms with E-state index in [4.69, 9.17) is 0 Å². The van der Waals surface area contributed by atoms with Gasteiger partial charge in [-0.15, -0.1) is 0 Å². The number of fused-ring (bicyclic) bond motifs is 1. The number of aromatic nitrogens is 1.